The third-order valence-electron chi connectivity index (χ3n) is 5.66. The lowest BCUT2D eigenvalue weighted by Gasteiger charge is -2.50. The fourth-order valence-electron chi connectivity index (χ4n) is 4.60. The highest BCUT2D eigenvalue weighted by Crippen LogP contribution is 2.55. The van der Waals surface area contributed by atoms with Gasteiger partial charge in [-0.05, 0) is 48.1 Å². The van der Waals surface area contributed by atoms with Crippen molar-refractivity contribution in [2.45, 2.75) is 37.0 Å². The molecule has 1 aromatic rings. The molecule has 1 saturated carbocycles. The Bertz CT molecular complexity index is 671. The van der Waals surface area contributed by atoms with Gasteiger partial charge in [-0.25, -0.2) is 0 Å². The minimum atomic E-state index is -0.553. The van der Waals surface area contributed by atoms with E-state index in [-0.39, 0.29) is 11.6 Å². The van der Waals surface area contributed by atoms with Crippen molar-refractivity contribution in [2.75, 3.05) is 27.3 Å². The zero-order chi connectivity index (χ0) is 16.2. The van der Waals surface area contributed by atoms with Crippen molar-refractivity contribution in [2.24, 2.45) is 0 Å². The Balaban J connectivity index is 1.94. The fraction of sp³-hybridized carbons (Fsp3) is 0.556. The van der Waals surface area contributed by atoms with E-state index in [1.54, 1.807) is 14.2 Å². The van der Waals surface area contributed by atoms with Gasteiger partial charge in [0.2, 0.25) is 0 Å². The van der Waals surface area contributed by atoms with Crippen LogP contribution < -0.4 is 9.47 Å². The molecule has 2 aliphatic heterocycles. The van der Waals surface area contributed by atoms with E-state index in [1.807, 2.05) is 12.1 Å². The van der Waals surface area contributed by atoms with Crippen molar-refractivity contribution in [3.63, 3.8) is 0 Å². The highest BCUT2D eigenvalue weighted by atomic mass is 16.5. The molecule has 5 nitrogen and oxygen atoms in total. The molecule has 124 valence electrons. The van der Waals surface area contributed by atoms with Gasteiger partial charge in [0.1, 0.15) is 0 Å². The summed E-state index contributed by atoms with van der Waals surface area (Å²) in [7, 11) is 3.23. The second-order valence-corrected chi connectivity index (χ2v) is 6.70. The van der Waals surface area contributed by atoms with E-state index in [9.17, 15) is 10.2 Å². The highest BCUT2D eigenvalue weighted by Gasteiger charge is 2.52. The molecule has 0 bridgehead atoms. The van der Waals surface area contributed by atoms with Crippen LogP contribution in [0.4, 0.5) is 0 Å². The zero-order valence-electron chi connectivity index (χ0n) is 13.6. The van der Waals surface area contributed by atoms with Crippen LogP contribution in [0.3, 0.4) is 0 Å². The number of rotatable bonds is 2. The summed E-state index contributed by atoms with van der Waals surface area (Å²) in [5, 5.41) is 21.0. The van der Waals surface area contributed by atoms with Gasteiger partial charge in [0, 0.05) is 13.1 Å². The van der Waals surface area contributed by atoms with Crippen molar-refractivity contribution in [1.29, 1.82) is 0 Å². The number of methoxy groups -OCH3 is 2. The smallest absolute Gasteiger partial charge is 0.161 e. The van der Waals surface area contributed by atoms with Gasteiger partial charge < -0.3 is 19.7 Å². The summed E-state index contributed by atoms with van der Waals surface area (Å²) in [6, 6.07) is 3.88. The fourth-order valence-corrected chi connectivity index (χ4v) is 4.60. The Morgan fingerprint density at radius 2 is 1.91 bits per heavy atom. The summed E-state index contributed by atoms with van der Waals surface area (Å²) >= 11 is 0. The molecular formula is C18H23NO4. The molecule has 0 radical (unpaired) electrons. The van der Waals surface area contributed by atoms with Crippen LogP contribution in [0.2, 0.25) is 0 Å². The number of benzene rings is 1. The molecule has 5 heteroatoms. The molecular weight excluding hydrogens is 294 g/mol. The molecule has 0 saturated heterocycles. The maximum absolute atomic E-state index is 10.6. The van der Waals surface area contributed by atoms with Crippen LogP contribution in [0.25, 0.3) is 0 Å². The Morgan fingerprint density at radius 1 is 1.17 bits per heavy atom. The van der Waals surface area contributed by atoms with E-state index in [4.69, 9.17) is 9.47 Å². The quantitative estimate of drug-likeness (QED) is 0.814. The van der Waals surface area contributed by atoms with E-state index in [0.29, 0.717) is 24.5 Å². The minimum absolute atomic E-state index is 0.300. The molecule has 1 aliphatic carbocycles. The SMILES string of the molecule is COc1cc2c(cc1OC)[C@]13C[C@@H](O)CCC1=CCN3C[C@H]2O. The normalized spacial score (nSPS) is 32.6. The number of nitrogens with zero attached hydrogens (tertiary/aromatic N) is 1. The van der Waals surface area contributed by atoms with Crippen molar-refractivity contribution in [1.82, 2.24) is 4.90 Å². The largest absolute Gasteiger partial charge is 0.493 e. The predicted octanol–water partition coefficient (Wildman–Crippen LogP) is 1.73. The Labute approximate surface area is 136 Å². The lowest BCUT2D eigenvalue weighted by Crippen LogP contribution is -2.53. The summed E-state index contributed by atoms with van der Waals surface area (Å²) in [6.07, 6.45) is 3.79. The lowest BCUT2D eigenvalue weighted by atomic mass is 9.68. The molecule has 0 unspecified atom stereocenters. The van der Waals surface area contributed by atoms with Crippen LogP contribution in [0, 0.1) is 0 Å². The van der Waals surface area contributed by atoms with Gasteiger partial charge in [-0.3, -0.25) is 4.90 Å². The zero-order valence-corrected chi connectivity index (χ0v) is 13.6. The van der Waals surface area contributed by atoms with Crippen molar-refractivity contribution in [3.8, 4) is 11.5 Å². The third kappa shape index (κ3) is 1.97. The standard InChI is InChI=1S/C18H23NO4/c1-22-16-7-13-14(8-17(16)23-2)18-9-12(20)4-3-11(18)5-6-19(18)10-15(13)21/h5,7-8,12,15,20-21H,3-4,6,9-10H2,1-2H3/t12-,15+,18-/m0/s1. The highest BCUT2D eigenvalue weighted by molar-refractivity contribution is 5.56. The number of aliphatic hydroxyl groups excluding tert-OH is 2. The first-order valence-corrected chi connectivity index (χ1v) is 8.17. The van der Waals surface area contributed by atoms with Crippen molar-refractivity contribution in [3.05, 3.63) is 34.9 Å². The topological polar surface area (TPSA) is 62.2 Å². The summed E-state index contributed by atoms with van der Waals surface area (Å²) in [4.78, 5) is 2.30. The summed E-state index contributed by atoms with van der Waals surface area (Å²) in [6.45, 7) is 1.40. The molecule has 1 aromatic carbocycles. The maximum Gasteiger partial charge on any atom is 0.161 e. The second kappa shape index (κ2) is 5.23. The Morgan fingerprint density at radius 3 is 2.65 bits per heavy atom. The lowest BCUT2D eigenvalue weighted by molar-refractivity contribution is -0.00143. The van der Waals surface area contributed by atoms with Gasteiger partial charge in [-0.1, -0.05) is 6.08 Å². The van der Waals surface area contributed by atoms with Crippen LogP contribution in [0.1, 0.15) is 36.5 Å². The number of hydrogen-bond donors (Lipinski definition) is 2. The number of fused-ring (bicyclic) bond motifs is 1. The van der Waals surface area contributed by atoms with Gasteiger partial charge >= 0.3 is 0 Å². The van der Waals surface area contributed by atoms with Crippen LogP contribution in [0.15, 0.2) is 23.8 Å². The average molecular weight is 317 g/mol. The van der Waals surface area contributed by atoms with E-state index < -0.39 is 6.10 Å². The molecule has 1 fully saturated rings. The van der Waals surface area contributed by atoms with Crippen molar-refractivity contribution >= 4 is 0 Å². The molecule has 4 rings (SSSR count). The first-order valence-electron chi connectivity index (χ1n) is 8.17. The molecule has 2 N–H and O–H groups in total. The van der Waals surface area contributed by atoms with E-state index in [0.717, 1.165) is 30.5 Å². The van der Waals surface area contributed by atoms with Gasteiger partial charge in [0.05, 0.1) is 32.0 Å². The third-order valence-corrected chi connectivity index (χ3v) is 5.66. The summed E-state index contributed by atoms with van der Waals surface area (Å²) in [5.74, 6) is 1.30. The Hall–Kier alpha value is -1.56. The minimum Gasteiger partial charge on any atom is -0.493 e. The number of aliphatic hydroxyl groups is 2. The number of hydrogen-bond acceptors (Lipinski definition) is 5. The molecule has 23 heavy (non-hydrogen) atoms. The summed E-state index contributed by atoms with van der Waals surface area (Å²) < 4.78 is 10.9. The molecule has 3 atom stereocenters. The van der Waals surface area contributed by atoms with E-state index in [1.165, 1.54) is 5.57 Å². The van der Waals surface area contributed by atoms with E-state index >= 15 is 0 Å². The molecule has 2 heterocycles. The van der Waals surface area contributed by atoms with Gasteiger partial charge in [0.25, 0.3) is 0 Å². The summed E-state index contributed by atoms with van der Waals surface area (Å²) in [5.41, 5.74) is 3.01. The van der Waals surface area contributed by atoms with Crippen LogP contribution in [-0.2, 0) is 5.54 Å². The second-order valence-electron chi connectivity index (χ2n) is 6.70. The maximum atomic E-state index is 10.6. The average Bonchev–Trinajstić information content (AvgIpc) is 2.92. The van der Waals surface area contributed by atoms with Crippen LogP contribution >= 0.6 is 0 Å². The monoisotopic (exact) mass is 317 g/mol. The Kier molecular flexibility index (Phi) is 3.41. The van der Waals surface area contributed by atoms with Gasteiger partial charge in [0.15, 0.2) is 11.5 Å². The molecule has 0 amide bonds. The number of ether oxygens (including phenoxy) is 2. The molecule has 1 spiro atoms. The van der Waals surface area contributed by atoms with Gasteiger partial charge in [-0.15, -0.1) is 0 Å². The first-order chi connectivity index (χ1) is 11.1. The predicted molar refractivity (Wildman–Crippen MR) is 85.7 cm³/mol. The van der Waals surface area contributed by atoms with E-state index in [2.05, 4.69) is 11.0 Å². The van der Waals surface area contributed by atoms with Crippen molar-refractivity contribution < 1.29 is 19.7 Å². The van der Waals surface area contributed by atoms with Gasteiger partial charge in [-0.2, -0.15) is 0 Å². The molecule has 3 aliphatic rings. The molecule has 0 aromatic heterocycles. The van der Waals surface area contributed by atoms with Crippen LogP contribution in [0.5, 0.6) is 11.5 Å². The van der Waals surface area contributed by atoms with Crippen LogP contribution in [-0.4, -0.2) is 48.5 Å². The first kappa shape index (κ1) is 15.0.